The topological polar surface area (TPSA) is 177 Å². The molecule has 42 heavy (non-hydrogen) atoms. The predicted octanol–water partition coefficient (Wildman–Crippen LogP) is 2.81. The highest BCUT2D eigenvalue weighted by Crippen LogP contribution is 2.28. The van der Waals surface area contributed by atoms with E-state index in [0.29, 0.717) is 16.9 Å². The second-order valence-electron chi connectivity index (χ2n) is 10.2. The third-order valence-electron chi connectivity index (χ3n) is 6.77. The second kappa shape index (κ2) is 13.0. The van der Waals surface area contributed by atoms with E-state index in [1.54, 1.807) is 18.2 Å². The first-order valence-electron chi connectivity index (χ1n) is 13.3. The van der Waals surface area contributed by atoms with Gasteiger partial charge >= 0.3 is 0 Å². The number of aliphatic hydroxyl groups excluding tert-OH is 1. The van der Waals surface area contributed by atoms with Crippen LogP contribution in [-0.2, 0) is 24.8 Å². The molecule has 1 atom stereocenters. The Morgan fingerprint density at radius 3 is 2.14 bits per heavy atom. The van der Waals surface area contributed by atoms with Crippen molar-refractivity contribution in [3.8, 4) is 5.75 Å². The summed E-state index contributed by atoms with van der Waals surface area (Å²) in [6, 6.07) is 17.5. The van der Waals surface area contributed by atoms with Crippen LogP contribution in [0.15, 0.2) is 71.6 Å². The quantitative estimate of drug-likeness (QED) is 0.177. The number of phenolic OH excluding ortho intramolecular Hbond substituents is 1. The number of amides is 1. The van der Waals surface area contributed by atoms with Crippen LogP contribution in [0.3, 0.4) is 0 Å². The number of nitrogens with one attached hydrogen (secondary N) is 4. The first-order chi connectivity index (χ1) is 19.8. The molecule has 1 fully saturated rings. The van der Waals surface area contributed by atoms with E-state index >= 15 is 0 Å². The van der Waals surface area contributed by atoms with E-state index in [4.69, 9.17) is 0 Å². The van der Waals surface area contributed by atoms with E-state index in [-0.39, 0.29) is 34.8 Å². The van der Waals surface area contributed by atoms with Crippen LogP contribution in [0.4, 0.5) is 22.7 Å². The van der Waals surface area contributed by atoms with Crippen molar-refractivity contribution in [1.29, 1.82) is 0 Å². The molecule has 0 spiro atoms. The van der Waals surface area contributed by atoms with Crippen LogP contribution >= 0.6 is 0 Å². The molecule has 0 aromatic heterocycles. The highest BCUT2D eigenvalue weighted by molar-refractivity contribution is 7.92. The molecule has 1 unspecified atom stereocenters. The average Bonchev–Trinajstić information content (AvgIpc) is 2.93. The summed E-state index contributed by atoms with van der Waals surface area (Å²) in [6.07, 6.45) is 1.74. The summed E-state index contributed by atoms with van der Waals surface area (Å²) in [4.78, 5) is 13.5. The minimum absolute atomic E-state index is 0.0125. The summed E-state index contributed by atoms with van der Waals surface area (Å²) in [5.74, 6) is -0.466. The molecule has 12 nitrogen and oxygen atoms in total. The zero-order valence-corrected chi connectivity index (χ0v) is 24.9. The number of phenols is 1. The van der Waals surface area contributed by atoms with Crippen LogP contribution in [-0.4, -0.2) is 64.9 Å². The van der Waals surface area contributed by atoms with Gasteiger partial charge in [-0.1, -0.05) is 6.07 Å². The zero-order valence-electron chi connectivity index (χ0n) is 23.2. The summed E-state index contributed by atoms with van der Waals surface area (Å²) in [5.41, 5.74) is 2.39. The minimum Gasteiger partial charge on any atom is -0.506 e. The van der Waals surface area contributed by atoms with E-state index in [1.807, 2.05) is 12.1 Å². The molecule has 0 aliphatic carbocycles. The summed E-state index contributed by atoms with van der Waals surface area (Å²) in [7, 11) is -7.38. The van der Waals surface area contributed by atoms with Gasteiger partial charge in [-0.2, -0.15) is 0 Å². The lowest BCUT2D eigenvalue weighted by atomic mass is 10.0. The van der Waals surface area contributed by atoms with Crippen LogP contribution < -0.4 is 25.0 Å². The van der Waals surface area contributed by atoms with Gasteiger partial charge in [-0.25, -0.2) is 16.8 Å². The van der Waals surface area contributed by atoms with E-state index in [9.17, 15) is 31.8 Å². The number of rotatable bonds is 11. The van der Waals surface area contributed by atoms with Gasteiger partial charge in [0, 0.05) is 49.7 Å². The highest BCUT2D eigenvalue weighted by atomic mass is 32.2. The van der Waals surface area contributed by atoms with Crippen molar-refractivity contribution in [2.75, 3.05) is 45.6 Å². The van der Waals surface area contributed by atoms with Crippen LogP contribution in [0, 0.1) is 0 Å². The highest BCUT2D eigenvalue weighted by Gasteiger charge is 2.21. The van der Waals surface area contributed by atoms with E-state index in [0.717, 1.165) is 37.9 Å². The lowest BCUT2D eigenvalue weighted by molar-refractivity contribution is -0.114. The van der Waals surface area contributed by atoms with Crippen LogP contribution in [0.5, 0.6) is 5.75 Å². The van der Waals surface area contributed by atoms with Gasteiger partial charge in [0.05, 0.1) is 22.9 Å². The normalized spacial score (nSPS) is 15.2. The fourth-order valence-electron chi connectivity index (χ4n) is 4.66. The van der Waals surface area contributed by atoms with Gasteiger partial charge in [0.15, 0.2) is 0 Å². The van der Waals surface area contributed by atoms with Gasteiger partial charge in [-0.15, -0.1) is 0 Å². The number of aliphatic hydroxyl groups is 1. The number of sulfonamides is 2. The number of anilines is 4. The largest absolute Gasteiger partial charge is 0.506 e. The maximum absolute atomic E-state index is 12.8. The molecule has 3 aromatic rings. The van der Waals surface area contributed by atoms with Gasteiger partial charge in [0.1, 0.15) is 5.75 Å². The molecule has 1 heterocycles. The summed E-state index contributed by atoms with van der Waals surface area (Å²) in [6.45, 7) is 3.17. The molecule has 6 N–H and O–H groups in total. The van der Waals surface area contributed by atoms with E-state index in [1.165, 1.54) is 43.3 Å². The molecule has 1 aliphatic rings. The number of aromatic hydroxyl groups is 1. The maximum Gasteiger partial charge on any atom is 0.261 e. The number of piperidine rings is 1. The minimum atomic E-state index is -3.80. The Hall–Kier alpha value is -3.85. The molecule has 1 aliphatic heterocycles. The summed E-state index contributed by atoms with van der Waals surface area (Å²) >= 11 is 0. The van der Waals surface area contributed by atoms with Crippen molar-refractivity contribution in [3.63, 3.8) is 0 Å². The van der Waals surface area contributed by atoms with Gasteiger partial charge in [-0.05, 0) is 79.1 Å². The first-order valence-corrected chi connectivity index (χ1v) is 16.6. The number of carbonyl (C=O) groups is 1. The molecular formula is C28H35N5O7S2. The molecule has 3 aromatic carbocycles. The SMILES string of the molecule is CC(=O)Nc1ccc(S(=O)(=O)Nc2ccc(N3CCC(NCC(O)c4ccc(O)c(NS(C)(=O)=O)c4)CC3)cc2)cc1. The predicted molar refractivity (Wildman–Crippen MR) is 163 cm³/mol. The number of carbonyl (C=O) groups excluding carboxylic acids is 1. The third-order valence-corrected chi connectivity index (χ3v) is 8.75. The molecule has 1 saturated heterocycles. The lowest BCUT2D eigenvalue weighted by Gasteiger charge is -2.34. The van der Waals surface area contributed by atoms with Crippen molar-refractivity contribution >= 4 is 48.7 Å². The summed E-state index contributed by atoms with van der Waals surface area (Å²) < 4.78 is 53.4. The Bertz CT molecular complexity index is 1610. The maximum atomic E-state index is 12.8. The Kier molecular flexibility index (Phi) is 9.61. The average molecular weight is 618 g/mol. The third kappa shape index (κ3) is 8.58. The monoisotopic (exact) mass is 617 g/mol. The standard InChI is InChI=1S/C28H35N5O7S2/c1-19(34)30-22-6-10-25(11-7-22)42(39,40)31-23-4-8-24(9-5-23)33-15-13-21(14-16-33)29-18-28(36)20-3-12-27(35)26(17-20)32-41(2,37)38/h3-12,17,21,28-29,31-32,35-36H,13-16,18H2,1-2H3,(H,30,34). The number of nitrogens with zero attached hydrogens (tertiary/aromatic N) is 1. The van der Waals surface area contributed by atoms with E-state index in [2.05, 4.69) is 25.0 Å². The molecule has 0 bridgehead atoms. The Morgan fingerprint density at radius 1 is 0.929 bits per heavy atom. The number of benzene rings is 3. The van der Waals surface area contributed by atoms with E-state index < -0.39 is 26.2 Å². The molecule has 226 valence electrons. The van der Waals surface area contributed by atoms with Gasteiger partial charge in [-0.3, -0.25) is 14.2 Å². The van der Waals surface area contributed by atoms with Crippen molar-refractivity contribution in [3.05, 3.63) is 72.3 Å². The smallest absolute Gasteiger partial charge is 0.261 e. The van der Waals surface area contributed by atoms with Crippen molar-refractivity contribution in [2.24, 2.45) is 0 Å². The molecule has 0 radical (unpaired) electrons. The fraction of sp³-hybridized carbons (Fsp3) is 0.321. The fourth-order valence-corrected chi connectivity index (χ4v) is 6.28. The van der Waals surface area contributed by atoms with Gasteiger partial charge in [0.2, 0.25) is 15.9 Å². The van der Waals surface area contributed by atoms with Crippen molar-refractivity contribution in [1.82, 2.24) is 5.32 Å². The molecule has 4 rings (SSSR count). The number of hydrogen-bond donors (Lipinski definition) is 6. The second-order valence-corrected chi connectivity index (χ2v) is 13.6. The van der Waals surface area contributed by atoms with Gasteiger partial charge < -0.3 is 25.7 Å². The molecule has 14 heteroatoms. The summed E-state index contributed by atoms with van der Waals surface area (Å²) in [5, 5.41) is 26.5. The van der Waals surface area contributed by atoms with Crippen LogP contribution in [0.1, 0.15) is 31.4 Å². The molecule has 0 saturated carbocycles. The Balaban J connectivity index is 1.26. The lowest BCUT2D eigenvalue weighted by Crippen LogP contribution is -2.43. The Morgan fingerprint density at radius 2 is 1.55 bits per heavy atom. The molecular weight excluding hydrogens is 582 g/mol. The van der Waals surface area contributed by atoms with Gasteiger partial charge in [0.25, 0.3) is 10.0 Å². The Labute approximate surface area is 245 Å². The zero-order chi connectivity index (χ0) is 30.5. The van der Waals surface area contributed by atoms with Crippen LogP contribution in [0.25, 0.3) is 0 Å². The van der Waals surface area contributed by atoms with Crippen molar-refractivity contribution in [2.45, 2.75) is 36.8 Å². The molecule has 1 amide bonds. The van der Waals surface area contributed by atoms with Crippen molar-refractivity contribution < 1.29 is 31.8 Å². The number of hydrogen-bond acceptors (Lipinski definition) is 9. The van der Waals surface area contributed by atoms with Crippen LogP contribution in [0.2, 0.25) is 0 Å². The first kappa shape index (κ1) is 31.1.